The van der Waals surface area contributed by atoms with Gasteiger partial charge in [0.2, 0.25) is 5.91 Å². The summed E-state index contributed by atoms with van der Waals surface area (Å²) in [5.74, 6) is -1.08. The first kappa shape index (κ1) is 21.8. The van der Waals surface area contributed by atoms with Gasteiger partial charge in [-0.2, -0.15) is 5.10 Å². The van der Waals surface area contributed by atoms with E-state index in [9.17, 15) is 19.2 Å². The minimum atomic E-state index is -0.298. The molecule has 2 atom stereocenters. The summed E-state index contributed by atoms with van der Waals surface area (Å²) in [7, 11) is 0. The lowest BCUT2D eigenvalue weighted by molar-refractivity contribution is -0.122. The van der Waals surface area contributed by atoms with Gasteiger partial charge in [-0.1, -0.05) is 37.1 Å². The van der Waals surface area contributed by atoms with Gasteiger partial charge in [0.15, 0.2) is 0 Å². The van der Waals surface area contributed by atoms with Gasteiger partial charge in [-0.05, 0) is 49.1 Å². The van der Waals surface area contributed by atoms with Crippen LogP contribution in [0, 0.1) is 11.8 Å². The molecule has 2 aliphatic rings. The number of carbonyl (C=O) groups is 3. The number of rotatable bonds is 5. The molecule has 2 heterocycles. The molecule has 5 rings (SSSR count). The first-order valence-corrected chi connectivity index (χ1v) is 11.4. The molecule has 3 aromatic rings. The fourth-order valence-electron chi connectivity index (χ4n) is 4.91. The van der Waals surface area contributed by atoms with Crippen molar-refractivity contribution in [1.82, 2.24) is 15.1 Å². The molecule has 1 aliphatic heterocycles. The number of aromatic nitrogens is 2. The zero-order chi connectivity index (χ0) is 23.7. The molecule has 8 nitrogen and oxygen atoms in total. The molecule has 0 bridgehead atoms. The summed E-state index contributed by atoms with van der Waals surface area (Å²) < 4.78 is 0. The molecule has 0 spiro atoms. The predicted molar refractivity (Wildman–Crippen MR) is 126 cm³/mol. The third-order valence-corrected chi connectivity index (χ3v) is 6.65. The van der Waals surface area contributed by atoms with Crippen molar-refractivity contribution in [2.45, 2.75) is 25.7 Å². The Morgan fingerprint density at radius 1 is 0.941 bits per heavy atom. The van der Waals surface area contributed by atoms with E-state index < -0.39 is 0 Å². The van der Waals surface area contributed by atoms with Gasteiger partial charge in [-0.15, -0.1) is 0 Å². The van der Waals surface area contributed by atoms with E-state index in [0.29, 0.717) is 28.9 Å². The Labute approximate surface area is 196 Å². The number of anilines is 1. The van der Waals surface area contributed by atoms with Crippen LogP contribution in [0.1, 0.15) is 46.4 Å². The Morgan fingerprint density at radius 3 is 2.38 bits per heavy atom. The highest BCUT2D eigenvalue weighted by Crippen LogP contribution is 2.34. The molecule has 34 heavy (non-hydrogen) atoms. The van der Waals surface area contributed by atoms with Crippen molar-refractivity contribution in [1.29, 1.82) is 0 Å². The van der Waals surface area contributed by atoms with E-state index >= 15 is 0 Å². The van der Waals surface area contributed by atoms with Gasteiger partial charge in [0.1, 0.15) is 0 Å². The number of hydrogen-bond donors (Lipinski definition) is 2. The van der Waals surface area contributed by atoms with E-state index in [0.717, 1.165) is 24.8 Å². The van der Waals surface area contributed by atoms with Crippen molar-refractivity contribution in [2.24, 2.45) is 11.8 Å². The molecule has 172 valence electrons. The normalized spacial score (nSPS) is 19.7. The Morgan fingerprint density at radius 2 is 1.68 bits per heavy atom. The molecule has 8 heteroatoms. The van der Waals surface area contributed by atoms with Crippen molar-refractivity contribution in [3.05, 3.63) is 82.1 Å². The van der Waals surface area contributed by atoms with Crippen molar-refractivity contribution in [3.63, 3.8) is 0 Å². The minimum Gasteiger partial charge on any atom is -0.326 e. The second-order valence-electron chi connectivity index (χ2n) is 8.79. The standard InChI is InChI=1S/C26H24N4O4/c31-23-13-12-22(28-29-23)16-7-5-8-18(14-16)27-24(32)19-9-2-1-6-17(19)15-30-25(33)20-10-3-4-11-21(20)26(30)34/h3-5,7-8,10-14,17,19H,1-2,6,9,15H2,(H,27,32)(H,29,31). The van der Waals surface area contributed by atoms with Gasteiger partial charge in [0.05, 0.1) is 16.8 Å². The van der Waals surface area contributed by atoms with Crippen molar-refractivity contribution >= 4 is 23.4 Å². The number of imide groups is 1. The second kappa shape index (κ2) is 9.05. The number of fused-ring (bicyclic) bond motifs is 1. The van der Waals surface area contributed by atoms with Gasteiger partial charge >= 0.3 is 0 Å². The van der Waals surface area contributed by atoms with Crippen LogP contribution in [-0.4, -0.2) is 39.4 Å². The van der Waals surface area contributed by atoms with Crippen LogP contribution in [0.3, 0.4) is 0 Å². The Bertz CT molecular complexity index is 1280. The summed E-state index contributed by atoms with van der Waals surface area (Å²) >= 11 is 0. The van der Waals surface area contributed by atoms with Gasteiger partial charge in [0.25, 0.3) is 17.4 Å². The molecule has 2 unspecified atom stereocenters. The maximum atomic E-state index is 13.3. The van der Waals surface area contributed by atoms with Crippen LogP contribution < -0.4 is 10.9 Å². The number of hydrogen-bond acceptors (Lipinski definition) is 5. The molecule has 1 aliphatic carbocycles. The molecule has 3 amide bonds. The van der Waals surface area contributed by atoms with Crippen LogP contribution in [0.15, 0.2) is 65.5 Å². The Hall–Kier alpha value is -4.07. The van der Waals surface area contributed by atoms with E-state index in [-0.39, 0.29) is 41.7 Å². The summed E-state index contributed by atoms with van der Waals surface area (Å²) in [6, 6.07) is 17.1. The van der Waals surface area contributed by atoms with E-state index in [4.69, 9.17) is 0 Å². The molecule has 0 radical (unpaired) electrons. The first-order chi connectivity index (χ1) is 16.5. The first-order valence-electron chi connectivity index (χ1n) is 11.4. The fourth-order valence-corrected chi connectivity index (χ4v) is 4.91. The van der Waals surface area contributed by atoms with Crippen LogP contribution in [0.2, 0.25) is 0 Å². The second-order valence-corrected chi connectivity index (χ2v) is 8.79. The van der Waals surface area contributed by atoms with Crippen LogP contribution in [0.25, 0.3) is 11.3 Å². The van der Waals surface area contributed by atoms with E-state index in [2.05, 4.69) is 15.5 Å². The Balaban J connectivity index is 1.31. The number of amides is 3. The number of benzene rings is 2. The van der Waals surface area contributed by atoms with Gasteiger partial charge < -0.3 is 5.32 Å². The molecule has 1 fully saturated rings. The van der Waals surface area contributed by atoms with Gasteiger partial charge in [-0.25, -0.2) is 5.10 Å². The average molecular weight is 457 g/mol. The lowest BCUT2D eigenvalue weighted by Crippen LogP contribution is -2.41. The van der Waals surface area contributed by atoms with Crippen LogP contribution in [0.4, 0.5) is 5.69 Å². The van der Waals surface area contributed by atoms with Crippen LogP contribution in [0.5, 0.6) is 0 Å². The maximum absolute atomic E-state index is 13.3. The summed E-state index contributed by atoms with van der Waals surface area (Å²) in [6.07, 6.45) is 3.39. The highest BCUT2D eigenvalue weighted by molar-refractivity contribution is 6.21. The molecule has 2 N–H and O–H groups in total. The number of nitrogens with zero attached hydrogens (tertiary/aromatic N) is 2. The van der Waals surface area contributed by atoms with Crippen molar-refractivity contribution in [2.75, 3.05) is 11.9 Å². The zero-order valence-electron chi connectivity index (χ0n) is 18.5. The molecular weight excluding hydrogens is 432 g/mol. The largest absolute Gasteiger partial charge is 0.326 e. The van der Waals surface area contributed by atoms with E-state index in [1.54, 1.807) is 42.5 Å². The molecule has 1 saturated carbocycles. The topological polar surface area (TPSA) is 112 Å². The monoisotopic (exact) mass is 456 g/mol. The summed E-state index contributed by atoms with van der Waals surface area (Å²) in [5.41, 5.74) is 2.56. The van der Waals surface area contributed by atoms with E-state index in [1.165, 1.54) is 11.0 Å². The third-order valence-electron chi connectivity index (χ3n) is 6.65. The van der Waals surface area contributed by atoms with Crippen LogP contribution >= 0.6 is 0 Å². The summed E-state index contributed by atoms with van der Waals surface area (Å²) in [6.45, 7) is 0.242. The highest BCUT2D eigenvalue weighted by atomic mass is 16.2. The minimum absolute atomic E-state index is 0.0972. The molecular formula is C26H24N4O4. The van der Waals surface area contributed by atoms with Gasteiger partial charge in [-0.3, -0.25) is 24.1 Å². The molecule has 0 saturated heterocycles. The smallest absolute Gasteiger partial charge is 0.264 e. The Kier molecular flexibility index (Phi) is 5.79. The molecule has 2 aromatic carbocycles. The molecule has 1 aromatic heterocycles. The number of aromatic amines is 1. The summed E-state index contributed by atoms with van der Waals surface area (Å²) in [4.78, 5) is 51.5. The maximum Gasteiger partial charge on any atom is 0.264 e. The van der Waals surface area contributed by atoms with Gasteiger partial charge in [0, 0.05) is 29.8 Å². The lowest BCUT2D eigenvalue weighted by atomic mass is 9.78. The van der Waals surface area contributed by atoms with Crippen molar-refractivity contribution in [3.8, 4) is 11.3 Å². The average Bonchev–Trinajstić information content (AvgIpc) is 3.10. The third kappa shape index (κ3) is 4.14. The predicted octanol–water partition coefficient (Wildman–Crippen LogP) is 3.48. The lowest BCUT2D eigenvalue weighted by Gasteiger charge is -2.32. The quantitative estimate of drug-likeness (QED) is 0.571. The number of H-pyrrole nitrogens is 1. The highest BCUT2D eigenvalue weighted by Gasteiger charge is 2.40. The summed E-state index contributed by atoms with van der Waals surface area (Å²) in [5, 5.41) is 9.45. The van der Waals surface area contributed by atoms with E-state index in [1.807, 2.05) is 12.1 Å². The van der Waals surface area contributed by atoms with Crippen LogP contribution in [-0.2, 0) is 4.79 Å². The SMILES string of the molecule is O=C(Nc1cccc(-c2ccc(=O)[nH]n2)c1)C1CCCCC1CN1C(=O)c2ccccc2C1=O. The van der Waals surface area contributed by atoms with Crippen molar-refractivity contribution < 1.29 is 14.4 Å². The fraction of sp³-hybridized carbons (Fsp3) is 0.269. The number of nitrogens with one attached hydrogen (secondary N) is 2. The number of carbonyl (C=O) groups excluding carboxylic acids is 3. The zero-order valence-corrected chi connectivity index (χ0v) is 18.5.